The molecule has 1 aliphatic rings. The number of nitrogens with one attached hydrogen (secondary N) is 2. The largest absolute Gasteiger partial charge is 0.381 e. The molecule has 0 amide bonds. The van der Waals surface area contributed by atoms with Crippen molar-refractivity contribution in [3.8, 4) is 0 Å². The number of carbonyl (C=O) groups is 1. The second kappa shape index (κ2) is 4.48. The van der Waals surface area contributed by atoms with Gasteiger partial charge in [0.15, 0.2) is 0 Å². The zero-order valence-corrected chi connectivity index (χ0v) is 10.6. The number of carbonyl (C=O) groups excluding carboxylic acids is 1. The van der Waals surface area contributed by atoms with Crippen molar-refractivity contribution >= 4 is 22.4 Å². The zero-order chi connectivity index (χ0) is 12.5. The first-order valence-corrected chi connectivity index (χ1v) is 6.58. The van der Waals surface area contributed by atoms with Gasteiger partial charge in [0.2, 0.25) is 0 Å². The molecule has 18 heavy (non-hydrogen) atoms. The molecule has 0 unspecified atom stereocenters. The standard InChI is InChI=1S/C15H18N2O/c1-10-8-11-6-7-16-15(11)14(9-10)17-12-2-4-13(18)5-3-12/h6-9,12,16-17H,2-5H2,1H3. The summed E-state index contributed by atoms with van der Waals surface area (Å²) in [5.41, 5.74) is 3.59. The fourth-order valence-electron chi connectivity index (χ4n) is 2.74. The summed E-state index contributed by atoms with van der Waals surface area (Å²) in [6.07, 6.45) is 5.32. The van der Waals surface area contributed by atoms with E-state index in [0.717, 1.165) is 36.9 Å². The summed E-state index contributed by atoms with van der Waals surface area (Å²) in [4.78, 5) is 14.5. The molecule has 1 heterocycles. The third-order valence-corrected chi connectivity index (χ3v) is 3.71. The Kier molecular flexibility index (Phi) is 2.82. The molecule has 3 nitrogen and oxygen atoms in total. The van der Waals surface area contributed by atoms with Gasteiger partial charge in [-0.3, -0.25) is 4.79 Å². The second-order valence-corrected chi connectivity index (χ2v) is 5.21. The number of aromatic nitrogens is 1. The zero-order valence-electron chi connectivity index (χ0n) is 10.6. The van der Waals surface area contributed by atoms with Gasteiger partial charge < -0.3 is 10.3 Å². The highest BCUT2D eigenvalue weighted by Gasteiger charge is 2.19. The Hall–Kier alpha value is -1.77. The summed E-state index contributed by atoms with van der Waals surface area (Å²) in [5, 5.41) is 4.83. The lowest BCUT2D eigenvalue weighted by atomic mass is 9.94. The van der Waals surface area contributed by atoms with E-state index in [1.54, 1.807) is 0 Å². The van der Waals surface area contributed by atoms with Crippen molar-refractivity contribution in [2.75, 3.05) is 5.32 Å². The topological polar surface area (TPSA) is 44.9 Å². The van der Waals surface area contributed by atoms with Gasteiger partial charge in [-0.2, -0.15) is 0 Å². The van der Waals surface area contributed by atoms with Gasteiger partial charge in [-0.15, -0.1) is 0 Å². The van der Waals surface area contributed by atoms with Gasteiger partial charge in [-0.05, 0) is 43.5 Å². The van der Waals surface area contributed by atoms with Crippen molar-refractivity contribution < 1.29 is 4.79 Å². The summed E-state index contributed by atoms with van der Waals surface area (Å²) in [6.45, 7) is 2.11. The molecule has 1 saturated carbocycles. The van der Waals surface area contributed by atoms with Crippen LogP contribution in [0.5, 0.6) is 0 Å². The normalized spacial score (nSPS) is 17.3. The number of aryl methyl sites for hydroxylation is 1. The molecule has 3 heteroatoms. The molecule has 0 radical (unpaired) electrons. The maximum Gasteiger partial charge on any atom is 0.133 e. The Morgan fingerprint density at radius 3 is 2.83 bits per heavy atom. The molecule has 1 aliphatic carbocycles. The number of aromatic amines is 1. The van der Waals surface area contributed by atoms with Crippen LogP contribution >= 0.6 is 0 Å². The minimum atomic E-state index is 0.405. The fourth-order valence-corrected chi connectivity index (χ4v) is 2.74. The van der Waals surface area contributed by atoms with Crippen molar-refractivity contribution in [1.82, 2.24) is 4.98 Å². The van der Waals surface area contributed by atoms with Crippen molar-refractivity contribution in [2.24, 2.45) is 0 Å². The summed E-state index contributed by atoms with van der Waals surface area (Å²) in [7, 11) is 0. The fraction of sp³-hybridized carbons (Fsp3) is 0.400. The van der Waals surface area contributed by atoms with Gasteiger partial charge in [0.1, 0.15) is 5.78 Å². The molecule has 0 bridgehead atoms. The highest BCUT2D eigenvalue weighted by molar-refractivity contribution is 5.92. The predicted octanol–water partition coefficient (Wildman–Crippen LogP) is 3.40. The Morgan fingerprint density at radius 1 is 1.28 bits per heavy atom. The van der Waals surface area contributed by atoms with Gasteiger partial charge in [0.25, 0.3) is 0 Å². The minimum Gasteiger partial charge on any atom is -0.381 e. The van der Waals surface area contributed by atoms with Gasteiger partial charge in [0.05, 0.1) is 11.2 Å². The number of benzene rings is 1. The lowest BCUT2D eigenvalue weighted by Gasteiger charge is -2.23. The maximum absolute atomic E-state index is 11.3. The maximum atomic E-state index is 11.3. The van der Waals surface area contributed by atoms with E-state index >= 15 is 0 Å². The Labute approximate surface area is 107 Å². The molecule has 0 atom stereocenters. The Balaban J connectivity index is 1.85. The second-order valence-electron chi connectivity index (χ2n) is 5.21. The molecule has 2 aromatic rings. The molecular weight excluding hydrogens is 224 g/mol. The summed E-state index contributed by atoms with van der Waals surface area (Å²) in [5.74, 6) is 0.405. The Bertz CT molecular complexity index is 575. The van der Waals surface area contributed by atoms with E-state index in [9.17, 15) is 4.79 Å². The van der Waals surface area contributed by atoms with Crippen LogP contribution in [0.2, 0.25) is 0 Å². The quantitative estimate of drug-likeness (QED) is 0.847. The van der Waals surface area contributed by atoms with Crippen LogP contribution in [0, 0.1) is 6.92 Å². The molecular formula is C15H18N2O. The van der Waals surface area contributed by atoms with Crippen molar-refractivity contribution in [3.63, 3.8) is 0 Å². The number of hydrogen-bond acceptors (Lipinski definition) is 2. The van der Waals surface area contributed by atoms with E-state index in [1.165, 1.54) is 10.9 Å². The molecule has 0 saturated heterocycles. The van der Waals surface area contributed by atoms with Crippen LogP contribution in [0.3, 0.4) is 0 Å². The minimum absolute atomic E-state index is 0.405. The van der Waals surface area contributed by atoms with Crippen molar-refractivity contribution in [2.45, 2.75) is 38.6 Å². The predicted molar refractivity (Wildman–Crippen MR) is 73.9 cm³/mol. The van der Waals surface area contributed by atoms with E-state index in [-0.39, 0.29) is 0 Å². The van der Waals surface area contributed by atoms with Crippen LogP contribution in [0.25, 0.3) is 10.9 Å². The average molecular weight is 242 g/mol. The van der Waals surface area contributed by atoms with Crippen LogP contribution in [0.15, 0.2) is 24.4 Å². The molecule has 2 N–H and O–H groups in total. The first kappa shape index (κ1) is 11.3. The Morgan fingerprint density at radius 2 is 2.06 bits per heavy atom. The van der Waals surface area contributed by atoms with Crippen LogP contribution in [0.1, 0.15) is 31.2 Å². The summed E-state index contributed by atoms with van der Waals surface area (Å²) < 4.78 is 0. The van der Waals surface area contributed by atoms with Crippen LogP contribution in [-0.2, 0) is 4.79 Å². The number of rotatable bonds is 2. The highest BCUT2D eigenvalue weighted by Crippen LogP contribution is 2.27. The number of Topliss-reactive ketones (excluding diaryl/α,β-unsaturated/α-hetero) is 1. The first-order valence-electron chi connectivity index (χ1n) is 6.58. The number of hydrogen-bond donors (Lipinski definition) is 2. The summed E-state index contributed by atoms with van der Waals surface area (Å²) >= 11 is 0. The molecule has 3 rings (SSSR count). The van der Waals surface area contributed by atoms with Crippen LogP contribution < -0.4 is 5.32 Å². The average Bonchev–Trinajstić information content (AvgIpc) is 2.80. The SMILES string of the molecule is Cc1cc(NC2CCC(=O)CC2)c2[nH]ccc2c1. The number of H-pyrrole nitrogens is 1. The van der Waals surface area contributed by atoms with E-state index in [1.807, 2.05) is 6.20 Å². The first-order chi connectivity index (χ1) is 8.72. The van der Waals surface area contributed by atoms with Crippen molar-refractivity contribution in [3.05, 3.63) is 30.0 Å². The van der Waals surface area contributed by atoms with E-state index in [2.05, 4.69) is 35.4 Å². The monoisotopic (exact) mass is 242 g/mol. The molecule has 1 aromatic heterocycles. The lowest BCUT2D eigenvalue weighted by Crippen LogP contribution is -2.26. The molecule has 0 spiro atoms. The number of ketones is 1. The van der Waals surface area contributed by atoms with Crippen LogP contribution in [-0.4, -0.2) is 16.8 Å². The number of anilines is 1. The molecule has 0 aliphatic heterocycles. The van der Waals surface area contributed by atoms with Gasteiger partial charge >= 0.3 is 0 Å². The van der Waals surface area contributed by atoms with Gasteiger partial charge in [0, 0.05) is 30.5 Å². The highest BCUT2D eigenvalue weighted by atomic mass is 16.1. The summed E-state index contributed by atoms with van der Waals surface area (Å²) in [6, 6.07) is 6.88. The van der Waals surface area contributed by atoms with Gasteiger partial charge in [-0.1, -0.05) is 0 Å². The lowest BCUT2D eigenvalue weighted by molar-refractivity contribution is -0.120. The van der Waals surface area contributed by atoms with Gasteiger partial charge in [-0.25, -0.2) is 0 Å². The van der Waals surface area contributed by atoms with E-state index < -0.39 is 0 Å². The third kappa shape index (κ3) is 2.13. The molecule has 1 aromatic carbocycles. The van der Waals surface area contributed by atoms with E-state index in [4.69, 9.17) is 0 Å². The molecule has 94 valence electrons. The van der Waals surface area contributed by atoms with Crippen molar-refractivity contribution in [1.29, 1.82) is 0 Å². The third-order valence-electron chi connectivity index (χ3n) is 3.71. The smallest absolute Gasteiger partial charge is 0.133 e. The van der Waals surface area contributed by atoms with Crippen LogP contribution in [0.4, 0.5) is 5.69 Å². The number of fused-ring (bicyclic) bond motifs is 1. The molecule has 1 fully saturated rings. The van der Waals surface area contributed by atoms with E-state index in [0.29, 0.717) is 11.8 Å².